The minimum absolute atomic E-state index is 0.416. The molecule has 3 heterocycles. The minimum Gasteiger partial charge on any atom is -0.444 e. The van der Waals surface area contributed by atoms with Gasteiger partial charge in [-0.3, -0.25) is 10.3 Å². The van der Waals surface area contributed by atoms with Crippen LogP contribution in [-0.2, 0) is 11.8 Å². The molecular weight excluding hydrogens is 394 g/mol. The van der Waals surface area contributed by atoms with Crippen LogP contribution in [0.15, 0.2) is 61.3 Å². The van der Waals surface area contributed by atoms with E-state index in [1.807, 2.05) is 50.7 Å². The first-order valence-electron chi connectivity index (χ1n) is 9.78. The van der Waals surface area contributed by atoms with Crippen molar-refractivity contribution in [2.75, 3.05) is 5.32 Å². The van der Waals surface area contributed by atoms with Gasteiger partial charge in [0.25, 0.3) is 0 Å². The molecule has 0 atom stereocenters. The second kappa shape index (κ2) is 8.06. The van der Waals surface area contributed by atoms with Crippen molar-refractivity contribution in [1.82, 2.24) is 19.5 Å². The van der Waals surface area contributed by atoms with E-state index < -0.39 is 11.7 Å². The van der Waals surface area contributed by atoms with Crippen LogP contribution in [0.1, 0.15) is 20.8 Å². The molecule has 1 aromatic carbocycles. The molecule has 0 unspecified atom stereocenters. The Labute approximate surface area is 179 Å². The van der Waals surface area contributed by atoms with E-state index in [2.05, 4.69) is 20.3 Å². The number of nitrogens with one attached hydrogen (secondary N) is 1. The van der Waals surface area contributed by atoms with Gasteiger partial charge in [0.05, 0.1) is 5.39 Å². The van der Waals surface area contributed by atoms with E-state index in [0.717, 1.165) is 22.2 Å². The average molecular weight is 417 g/mol. The van der Waals surface area contributed by atoms with E-state index in [9.17, 15) is 4.79 Å². The van der Waals surface area contributed by atoms with Crippen LogP contribution in [0.4, 0.5) is 10.5 Å². The van der Waals surface area contributed by atoms with Crippen LogP contribution in [-0.4, -0.2) is 31.2 Å². The number of hydrogen-bond donors (Lipinski definition) is 1. The smallest absolute Gasteiger partial charge is 0.412 e. The van der Waals surface area contributed by atoms with E-state index in [0.29, 0.717) is 17.3 Å². The summed E-state index contributed by atoms with van der Waals surface area (Å²) in [5, 5.41) is 3.50. The molecule has 0 bridgehead atoms. The van der Waals surface area contributed by atoms with Gasteiger partial charge in [-0.25, -0.2) is 14.8 Å². The Morgan fingerprint density at radius 3 is 2.71 bits per heavy atom. The van der Waals surface area contributed by atoms with Crippen LogP contribution in [0, 0.1) is 0 Å². The molecule has 4 rings (SSSR count). The zero-order valence-corrected chi connectivity index (χ0v) is 17.8. The Kier molecular flexibility index (Phi) is 5.29. The molecule has 0 saturated heterocycles. The lowest BCUT2D eigenvalue weighted by Crippen LogP contribution is -2.27. The number of carbonyl (C=O) groups is 1. The summed E-state index contributed by atoms with van der Waals surface area (Å²) >= 11 is 0. The third-order valence-electron chi connectivity index (χ3n) is 4.39. The Morgan fingerprint density at radius 2 is 1.97 bits per heavy atom. The Hall–Kier alpha value is -3.94. The predicted molar refractivity (Wildman–Crippen MR) is 118 cm³/mol. The van der Waals surface area contributed by atoms with Crippen molar-refractivity contribution in [3.8, 4) is 22.8 Å². The quantitative estimate of drug-likeness (QED) is 0.493. The molecule has 8 nitrogen and oxygen atoms in total. The van der Waals surface area contributed by atoms with Crippen molar-refractivity contribution in [2.24, 2.45) is 7.05 Å². The first-order chi connectivity index (χ1) is 14.8. The van der Waals surface area contributed by atoms with Crippen molar-refractivity contribution in [3.63, 3.8) is 0 Å². The molecule has 0 spiro atoms. The third kappa shape index (κ3) is 4.63. The number of rotatable bonds is 4. The zero-order valence-electron chi connectivity index (χ0n) is 17.8. The van der Waals surface area contributed by atoms with Gasteiger partial charge in [0, 0.05) is 48.5 Å². The summed E-state index contributed by atoms with van der Waals surface area (Å²) in [7, 11) is 1.92. The van der Waals surface area contributed by atoms with E-state index in [-0.39, 0.29) is 0 Å². The summed E-state index contributed by atoms with van der Waals surface area (Å²) in [4.78, 5) is 25.0. The van der Waals surface area contributed by atoms with Gasteiger partial charge in [0.2, 0.25) is 5.88 Å². The number of nitrogens with zero attached hydrogens (tertiary/aromatic N) is 4. The van der Waals surface area contributed by atoms with Crippen LogP contribution in [0.5, 0.6) is 11.6 Å². The van der Waals surface area contributed by atoms with Gasteiger partial charge in [-0.1, -0.05) is 12.1 Å². The highest BCUT2D eigenvalue weighted by atomic mass is 16.6. The molecule has 0 fully saturated rings. The lowest BCUT2D eigenvalue weighted by molar-refractivity contribution is 0.0636. The van der Waals surface area contributed by atoms with Gasteiger partial charge in [-0.15, -0.1) is 0 Å². The minimum atomic E-state index is -0.583. The highest BCUT2D eigenvalue weighted by molar-refractivity contribution is 5.97. The Bertz CT molecular complexity index is 1230. The van der Waals surface area contributed by atoms with Gasteiger partial charge in [-0.2, -0.15) is 0 Å². The van der Waals surface area contributed by atoms with E-state index in [1.54, 1.807) is 36.7 Å². The SMILES string of the molecule is Cn1cc(-c2cccnc2)c2c(Oc3cccc(NC(=O)OC(C)(C)C)c3)ncnc21. The number of aromatic nitrogens is 4. The number of fused-ring (bicyclic) bond motifs is 1. The molecule has 0 aliphatic heterocycles. The van der Waals surface area contributed by atoms with Gasteiger partial charge < -0.3 is 14.0 Å². The average Bonchev–Trinajstić information content (AvgIpc) is 3.05. The highest BCUT2D eigenvalue weighted by Gasteiger charge is 2.18. The molecule has 0 saturated carbocycles. The molecule has 31 heavy (non-hydrogen) atoms. The van der Waals surface area contributed by atoms with Crippen molar-refractivity contribution in [2.45, 2.75) is 26.4 Å². The summed E-state index contributed by atoms with van der Waals surface area (Å²) in [5.41, 5.74) is 2.57. The summed E-state index contributed by atoms with van der Waals surface area (Å²) in [6.07, 6.45) is 6.43. The molecule has 8 heteroatoms. The molecule has 0 radical (unpaired) electrons. The molecule has 1 N–H and O–H groups in total. The summed E-state index contributed by atoms with van der Waals surface area (Å²) < 4.78 is 13.3. The maximum atomic E-state index is 12.1. The number of benzene rings is 1. The van der Waals surface area contributed by atoms with Crippen molar-refractivity contribution in [3.05, 3.63) is 61.3 Å². The molecule has 1 amide bonds. The second-order valence-corrected chi connectivity index (χ2v) is 8.03. The molecule has 0 aliphatic rings. The predicted octanol–water partition coefficient (Wildman–Crippen LogP) is 5.17. The molecule has 4 aromatic rings. The molecule has 3 aromatic heterocycles. The first-order valence-corrected chi connectivity index (χ1v) is 9.78. The van der Waals surface area contributed by atoms with Gasteiger partial charge in [0.15, 0.2) is 0 Å². The number of anilines is 1. The fourth-order valence-corrected chi connectivity index (χ4v) is 3.17. The van der Waals surface area contributed by atoms with Crippen molar-refractivity contribution >= 4 is 22.8 Å². The number of carbonyl (C=O) groups excluding carboxylic acids is 1. The molecule has 0 aliphatic carbocycles. The van der Waals surface area contributed by atoms with Crippen LogP contribution in [0.2, 0.25) is 0 Å². The van der Waals surface area contributed by atoms with E-state index >= 15 is 0 Å². The van der Waals surface area contributed by atoms with Gasteiger partial charge in [0.1, 0.15) is 23.3 Å². The lowest BCUT2D eigenvalue weighted by atomic mass is 10.1. The fourth-order valence-electron chi connectivity index (χ4n) is 3.17. The maximum absolute atomic E-state index is 12.1. The van der Waals surface area contributed by atoms with Crippen LogP contribution in [0.25, 0.3) is 22.2 Å². The van der Waals surface area contributed by atoms with Crippen molar-refractivity contribution < 1.29 is 14.3 Å². The summed E-state index contributed by atoms with van der Waals surface area (Å²) in [6.45, 7) is 5.44. The fraction of sp³-hybridized carbons (Fsp3) is 0.217. The number of amides is 1. The van der Waals surface area contributed by atoms with Crippen LogP contribution < -0.4 is 10.1 Å². The number of hydrogen-bond acceptors (Lipinski definition) is 6. The standard InChI is InChI=1S/C23H23N5O3/c1-23(2,3)31-22(29)27-16-8-5-9-17(11-16)30-21-19-18(15-7-6-10-24-12-15)13-28(4)20(19)25-14-26-21/h5-14H,1-4H3,(H,27,29). The zero-order chi connectivity index (χ0) is 22.0. The van der Waals surface area contributed by atoms with E-state index in [4.69, 9.17) is 9.47 Å². The number of ether oxygens (including phenoxy) is 2. The normalized spacial score (nSPS) is 11.4. The monoisotopic (exact) mass is 417 g/mol. The van der Waals surface area contributed by atoms with Gasteiger partial charge >= 0.3 is 6.09 Å². The summed E-state index contributed by atoms with van der Waals surface area (Å²) in [5.74, 6) is 0.938. The van der Waals surface area contributed by atoms with Crippen LogP contribution in [0.3, 0.4) is 0 Å². The van der Waals surface area contributed by atoms with E-state index in [1.165, 1.54) is 6.33 Å². The topological polar surface area (TPSA) is 91.2 Å². The largest absolute Gasteiger partial charge is 0.444 e. The van der Waals surface area contributed by atoms with Crippen molar-refractivity contribution in [1.29, 1.82) is 0 Å². The molecule has 158 valence electrons. The summed E-state index contributed by atoms with van der Waals surface area (Å²) in [6, 6.07) is 10.9. The Morgan fingerprint density at radius 1 is 1.13 bits per heavy atom. The Balaban J connectivity index is 1.66. The first kappa shape index (κ1) is 20.3. The second-order valence-electron chi connectivity index (χ2n) is 8.03. The number of aryl methyl sites for hydroxylation is 1. The number of pyridine rings is 1. The molecular formula is C23H23N5O3. The van der Waals surface area contributed by atoms with Crippen LogP contribution >= 0.6 is 0 Å². The van der Waals surface area contributed by atoms with Gasteiger partial charge in [-0.05, 0) is 39.0 Å². The highest BCUT2D eigenvalue weighted by Crippen LogP contribution is 2.36. The third-order valence-corrected chi connectivity index (χ3v) is 4.39. The maximum Gasteiger partial charge on any atom is 0.412 e. The lowest BCUT2D eigenvalue weighted by Gasteiger charge is -2.19.